The van der Waals surface area contributed by atoms with Crippen LogP contribution in [0.1, 0.15) is 39.4 Å². The van der Waals surface area contributed by atoms with Gasteiger partial charge in [-0.25, -0.2) is 4.98 Å². The van der Waals surface area contributed by atoms with Crippen molar-refractivity contribution in [3.8, 4) is 0 Å². The lowest BCUT2D eigenvalue weighted by Gasteiger charge is -2.21. The molecule has 5 nitrogen and oxygen atoms in total. The summed E-state index contributed by atoms with van der Waals surface area (Å²) in [6.07, 6.45) is 4.93. The molecule has 0 radical (unpaired) electrons. The number of hydrogen-bond acceptors (Lipinski definition) is 4. The van der Waals surface area contributed by atoms with Gasteiger partial charge in [-0.2, -0.15) is 5.10 Å². The van der Waals surface area contributed by atoms with Gasteiger partial charge in [-0.1, -0.05) is 6.92 Å². The number of hydrogen-bond donors (Lipinski definition) is 1. The Balaban J connectivity index is 2.59. The summed E-state index contributed by atoms with van der Waals surface area (Å²) in [5, 5.41) is 7.78. The maximum Gasteiger partial charge on any atom is 0.138 e. The molecule has 1 heterocycles. The van der Waals surface area contributed by atoms with Gasteiger partial charge in [0.1, 0.15) is 12.2 Å². The van der Waals surface area contributed by atoms with Gasteiger partial charge >= 0.3 is 0 Å². The van der Waals surface area contributed by atoms with Crippen LogP contribution >= 0.6 is 0 Å². The maximum atomic E-state index is 5.35. The Morgan fingerprint density at radius 3 is 2.83 bits per heavy atom. The fraction of sp³-hybridized carbons (Fsp3) is 0.846. The lowest BCUT2D eigenvalue weighted by atomic mass is 10.1. The third-order valence-corrected chi connectivity index (χ3v) is 3.13. The van der Waals surface area contributed by atoms with Crippen molar-refractivity contribution in [2.24, 2.45) is 0 Å². The summed E-state index contributed by atoms with van der Waals surface area (Å²) in [4.78, 5) is 4.34. The Labute approximate surface area is 110 Å². The van der Waals surface area contributed by atoms with E-state index in [1.54, 1.807) is 13.4 Å². The van der Waals surface area contributed by atoms with Crippen LogP contribution in [0.25, 0.3) is 0 Å². The summed E-state index contributed by atoms with van der Waals surface area (Å²) in [7, 11) is 1.76. The number of aryl methyl sites for hydroxylation is 1. The molecule has 104 valence electrons. The molecule has 2 atom stereocenters. The Kier molecular flexibility index (Phi) is 6.90. The minimum Gasteiger partial charge on any atom is -0.382 e. The summed E-state index contributed by atoms with van der Waals surface area (Å²) in [6.45, 7) is 8.27. The molecule has 0 aliphatic heterocycles. The first-order valence-electron chi connectivity index (χ1n) is 6.84. The minimum atomic E-state index is 0.261. The van der Waals surface area contributed by atoms with E-state index in [0.29, 0.717) is 6.04 Å². The second-order valence-corrected chi connectivity index (χ2v) is 4.63. The van der Waals surface area contributed by atoms with E-state index < -0.39 is 0 Å². The zero-order valence-electron chi connectivity index (χ0n) is 12.0. The van der Waals surface area contributed by atoms with Crippen molar-refractivity contribution in [3.05, 3.63) is 12.2 Å². The summed E-state index contributed by atoms with van der Waals surface area (Å²) in [6, 6.07) is 0.398. The van der Waals surface area contributed by atoms with Crippen LogP contribution in [0.2, 0.25) is 0 Å². The van der Waals surface area contributed by atoms with Crippen molar-refractivity contribution in [3.63, 3.8) is 0 Å². The van der Waals surface area contributed by atoms with E-state index in [2.05, 4.69) is 36.2 Å². The molecule has 18 heavy (non-hydrogen) atoms. The standard InChI is InChI=1S/C13H26N4O/c1-5-7-14-12(8-11(3)18-4)9-13-15-10-16-17(13)6-2/h10-12,14H,5-9H2,1-4H3. The molecule has 0 bridgehead atoms. The largest absolute Gasteiger partial charge is 0.382 e. The van der Waals surface area contributed by atoms with E-state index in [4.69, 9.17) is 4.74 Å². The van der Waals surface area contributed by atoms with E-state index >= 15 is 0 Å². The van der Waals surface area contributed by atoms with E-state index in [9.17, 15) is 0 Å². The predicted molar refractivity (Wildman–Crippen MR) is 72.6 cm³/mol. The van der Waals surface area contributed by atoms with E-state index in [0.717, 1.165) is 38.2 Å². The zero-order chi connectivity index (χ0) is 13.4. The van der Waals surface area contributed by atoms with Crippen LogP contribution in [0.3, 0.4) is 0 Å². The molecule has 1 N–H and O–H groups in total. The average Bonchev–Trinajstić information content (AvgIpc) is 2.82. The molecule has 0 saturated heterocycles. The molecule has 0 spiro atoms. The monoisotopic (exact) mass is 254 g/mol. The van der Waals surface area contributed by atoms with E-state index in [-0.39, 0.29) is 6.10 Å². The highest BCUT2D eigenvalue weighted by molar-refractivity contribution is 4.90. The third-order valence-electron chi connectivity index (χ3n) is 3.13. The number of methoxy groups -OCH3 is 1. The van der Waals surface area contributed by atoms with Crippen molar-refractivity contribution in [1.29, 1.82) is 0 Å². The number of ether oxygens (including phenoxy) is 1. The number of rotatable bonds is 9. The van der Waals surface area contributed by atoms with Crippen molar-refractivity contribution in [1.82, 2.24) is 20.1 Å². The van der Waals surface area contributed by atoms with Crippen LogP contribution in [0.5, 0.6) is 0 Å². The first-order chi connectivity index (χ1) is 8.71. The molecule has 0 amide bonds. The first-order valence-corrected chi connectivity index (χ1v) is 6.84. The Morgan fingerprint density at radius 1 is 1.44 bits per heavy atom. The van der Waals surface area contributed by atoms with Crippen LogP contribution in [-0.4, -0.2) is 40.6 Å². The summed E-state index contributed by atoms with van der Waals surface area (Å²) < 4.78 is 7.31. The molecule has 1 aromatic heterocycles. The molecule has 5 heteroatoms. The average molecular weight is 254 g/mol. The highest BCUT2D eigenvalue weighted by Crippen LogP contribution is 2.08. The Hall–Kier alpha value is -0.940. The quantitative estimate of drug-likeness (QED) is 0.728. The van der Waals surface area contributed by atoms with Crippen LogP contribution in [-0.2, 0) is 17.7 Å². The lowest BCUT2D eigenvalue weighted by molar-refractivity contribution is 0.1000. The second-order valence-electron chi connectivity index (χ2n) is 4.63. The first kappa shape index (κ1) is 15.1. The van der Waals surface area contributed by atoms with Crippen LogP contribution in [0.4, 0.5) is 0 Å². The number of aromatic nitrogens is 3. The fourth-order valence-corrected chi connectivity index (χ4v) is 2.01. The highest BCUT2D eigenvalue weighted by Gasteiger charge is 2.15. The van der Waals surface area contributed by atoms with Crippen LogP contribution in [0, 0.1) is 0 Å². The molecule has 2 unspecified atom stereocenters. The lowest BCUT2D eigenvalue weighted by Crippen LogP contribution is -2.35. The molecular formula is C13H26N4O. The number of nitrogens with zero attached hydrogens (tertiary/aromatic N) is 3. The van der Waals surface area contributed by atoms with Gasteiger partial charge in [-0.3, -0.25) is 4.68 Å². The Morgan fingerprint density at radius 2 is 2.22 bits per heavy atom. The van der Waals surface area contributed by atoms with Crippen molar-refractivity contribution >= 4 is 0 Å². The fourth-order valence-electron chi connectivity index (χ4n) is 2.01. The molecule has 0 aromatic carbocycles. The van der Waals surface area contributed by atoms with E-state index in [1.807, 2.05) is 4.68 Å². The zero-order valence-corrected chi connectivity index (χ0v) is 12.0. The van der Waals surface area contributed by atoms with Gasteiger partial charge in [0.05, 0.1) is 6.10 Å². The molecule has 0 aliphatic rings. The van der Waals surface area contributed by atoms with Crippen molar-refractivity contribution in [2.75, 3.05) is 13.7 Å². The van der Waals surface area contributed by atoms with Crippen LogP contribution in [0.15, 0.2) is 6.33 Å². The summed E-state index contributed by atoms with van der Waals surface area (Å²) >= 11 is 0. The highest BCUT2D eigenvalue weighted by atomic mass is 16.5. The SMILES string of the molecule is CCCNC(Cc1ncnn1CC)CC(C)OC. The minimum absolute atomic E-state index is 0.261. The van der Waals surface area contributed by atoms with Gasteiger partial charge < -0.3 is 10.1 Å². The van der Waals surface area contributed by atoms with Gasteiger partial charge in [0.15, 0.2) is 0 Å². The molecule has 1 rings (SSSR count). The van der Waals surface area contributed by atoms with Gasteiger partial charge in [-0.05, 0) is 33.2 Å². The van der Waals surface area contributed by atoms with Crippen molar-refractivity contribution in [2.45, 2.75) is 58.7 Å². The molecule has 0 fully saturated rings. The van der Waals surface area contributed by atoms with Crippen molar-refractivity contribution < 1.29 is 4.74 Å². The predicted octanol–water partition coefficient (Wildman–Crippen LogP) is 1.63. The summed E-state index contributed by atoms with van der Waals surface area (Å²) in [5.74, 6) is 1.05. The topological polar surface area (TPSA) is 52.0 Å². The third kappa shape index (κ3) is 4.74. The maximum absolute atomic E-state index is 5.35. The smallest absolute Gasteiger partial charge is 0.138 e. The molecule has 1 aromatic rings. The molecule has 0 aliphatic carbocycles. The normalized spacial score (nSPS) is 14.7. The van der Waals surface area contributed by atoms with Gasteiger partial charge in [-0.15, -0.1) is 0 Å². The van der Waals surface area contributed by atoms with Crippen LogP contribution < -0.4 is 5.32 Å². The second kappa shape index (κ2) is 8.21. The van der Waals surface area contributed by atoms with Gasteiger partial charge in [0.25, 0.3) is 0 Å². The Bertz CT molecular complexity index is 327. The molecular weight excluding hydrogens is 228 g/mol. The summed E-state index contributed by atoms with van der Waals surface area (Å²) in [5.41, 5.74) is 0. The van der Waals surface area contributed by atoms with Gasteiger partial charge in [0, 0.05) is 26.1 Å². The van der Waals surface area contributed by atoms with E-state index in [1.165, 1.54) is 0 Å². The number of nitrogens with one attached hydrogen (secondary N) is 1. The van der Waals surface area contributed by atoms with Gasteiger partial charge in [0.2, 0.25) is 0 Å². The molecule has 0 saturated carbocycles.